The van der Waals surface area contributed by atoms with E-state index in [4.69, 9.17) is 5.26 Å². The average Bonchev–Trinajstić information content (AvgIpc) is 2.40. The van der Waals surface area contributed by atoms with E-state index >= 15 is 0 Å². The van der Waals surface area contributed by atoms with Gasteiger partial charge in [0.05, 0.1) is 21.8 Å². The Labute approximate surface area is 113 Å². The van der Waals surface area contributed by atoms with Gasteiger partial charge in [-0.25, -0.2) is 8.42 Å². The number of nitrogens with one attached hydrogen (secondary N) is 1. The maximum atomic E-state index is 12.3. The van der Waals surface area contributed by atoms with Crippen molar-refractivity contribution in [1.29, 1.82) is 5.26 Å². The van der Waals surface area contributed by atoms with Crippen LogP contribution < -0.4 is 5.32 Å². The summed E-state index contributed by atoms with van der Waals surface area (Å²) >= 11 is 0. The molecule has 18 heavy (non-hydrogen) atoms. The van der Waals surface area contributed by atoms with Crippen LogP contribution in [0.1, 0.15) is 18.4 Å². The number of piperidine rings is 1. The summed E-state index contributed by atoms with van der Waals surface area (Å²) in [6.07, 6.45) is 1.31. The SMILES string of the molecule is Cl.N#Cc1ccc(S(=O)(=O)C2CCNCC2)cc1. The Hall–Kier alpha value is -1.09. The average molecular weight is 287 g/mol. The second-order valence-corrected chi connectivity index (χ2v) is 6.36. The lowest BCUT2D eigenvalue weighted by molar-refractivity contribution is 0.496. The molecule has 0 amide bonds. The van der Waals surface area contributed by atoms with Crippen LogP contribution in [0, 0.1) is 11.3 Å². The first-order valence-electron chi connectivity index (χ1n) is 5.59. The fourth-order valence-electron chi connectivity index (χ4n) is 2.02. The Kier molecular flexibility index (Phi) is 5.15. The van der Waals surface area contributed by atoms with Crippen LogP contribution in [-0.4, -0.2) is 26.8 Å². The first-order chi connectivity index (χ1) is 8.14. The highest BCUT2D eigenvalue weighted by atomic mass is 35.5. The number of rotatable bonds is 2. The Morgan fingerprint density at radius 3 is 2.22 bits per heavy atom. The Balaban J connectivity index is 0.00000162. The van der Waals surface area contributed by atoms with Gasteiger partial charge < -0.3 is 5.32 Å². The molecular formula is C12H15ClN2O2S. The van der Waals surface area contributed by atoms with Crippen molar-refractivity contribution < 1.29 is 8.42 Å². The third-order valence-electron chi connectivity index (χ3n) is 3.04. The molecule has 1 aliphatic rings. The predicted molar refractivity (Wildman–Crippen MR) is 71.5 cm³/mol. The molecule has 0 bridgehead atoms. The summed E-state index contributed by atoms with van der Waals surface area (Å²) in [6, 6.07) is 8.13. The number of hydrogen-bond donors (Lipinski definition) is 1. The summed E-state index contributed by atoms with van der Waals surface area (Å²) < 4.78 is 24.6. The number of hydrogen-bond acceptors (Lipinski definition) is 4. The van der Waals surface area contributed by atoms with Crippen molar-refractivity contribution in [2.45, 2.75) is 23.0 Å². The molecule has 2 rings (SSSR count). The third kappa shape index (κ3) is 3.02. The van der Waals surface area contributed by atoms with Crippen molar-refractivity contribution in [2.75, 3.05) is 13.1 Å². The molecule has 98 valence electrons. The molecule has 0 unspecified atom stereocenters. The Morgan fingerprint density at radius 1 is 1.17 bits per heavy atom. The lowest BCUT2D eigenvalue weighted by Gasteiger charge is -2.22. The van der Waals surface area contributed by atoms with E-state index in [2.05, 4.69) is 5.32 Å². The molecule has 1 aromatic carbocycles. The van der Waals surface area contributed by atoms with Crippen LogP contribution in [0.25, 0.3) is 0 Å². The van der Waals surface area contributed by atoms with E-state index < -0.39 is 9.84 Å². The number of nitrogens with zero attached hydrogens (tertiary/aromatic N) is 1. The van der Waals surface area contributed by atoms with Crippen molar-refractivity contribution in [1.82, 2.24) is 5.32 Å². The molecule has 1 aromatic rings. The van der Waals surface area contributed by atoms with Crippen LogP contribution >= 0.6 is 12.4 Å². The molecule has 0 atom stereocenters. The van der Waals surface area contributed by atoms with Crippen molar-refractivity contribution in [3.63, 3.8) is 0 Å². The minimum absolute atomic E-state index is 0. The van der Waals surface area contributed by atoms with E-state index in [0.29, 0.717) is 23.3 Å². The van der Waals surface area contributed by atoms with Crippen LogP contribution in [0.15, 0.2) is 29.2 Å². The number of sulfone groups is 1. The molecule has 4 nitrogen and oxygen atoms in total. The molecule has 6 heteroatoms. The molecule has 0 saturated carbocycles. The largest absolute Gasteiger partial charge is 0.317 e. The van der Waals surface area contributed by atoms with Gasteiger partial charge in [-0.1, -0.05) is 0 Å². The first-order valence-corrected chi connectivity index (χ1v) is 7.14. The van der Waals surface area contributed by atoms with Gasteiger partial charge in [-0.15, -0.1) is 12.4 Å². The van der Waals surface area contributed by atoms with E-state index in [0.717, 1.165) is 13.1 Å². The summed E-state index contributed by atoms with van der Waals surface area (Å²) in [5.74, 6) is 0. The van der Waals surface area contributed by atoms with Crippen molar-refractivity contribution in [2.24, 2.45) is 0 Å². The summed E-state index contributed by atoms with van der Waals surface area (Å²) in [4.78, 5) is 0.323. The number of nitriles is 1. The highest BCUT2D eigenvalue weighted by Gasteiger charge is 2.28. The summed E-state index contributed by atoms with van der Waals surface area (Å²) in [7, 11) is -3.24. The molecule has 1 fully saturated rings. The molecule has 0 radical (unpaired) electrons. The summed E-state index contributed by atoms with van der Waals surface area (Å²) in [5.41, 5.74) is 0.481. The fraction of sp³-hybridized carbons (Fsp3) is 0.417. The van der Waals surface area contributed by atoms with Gasteiger partial charge in [-0.05, 0) is 50.2 Å². The van der Waals surface area contributed by atoms with Gasteiger partial charge in [0.2, 0.25) is 0 Å². The molecule has 1 aliphatic heterocycles. The van der Waals surface area contributed by atoms with Gasteiger partial charge in [-0.3, -0.25) is 0 Å². The van der Waals surface area contributed by atoms with Gasteiger partial charge in [0.1, 0.15) is 0 Å². The second-order valence-electron chi connectivity index (χ2n) is 4.13. The molecule has 0 aliphatic carbocycles. The molecule has 1 N–H and O–H groups in total. The van der Waals surface area contributed by atoms with Gasteiger partial charge in [0, 0.05) is 0 Å². The quantitative estimate of drug-likeness (QED) is 0.894. The van der Waals surface area contributed by atoms with E-state index in [1.807, 2.05) is 6.07 Å². The van der Waals surface area contributed by atoms with E-state index in [1.54, 1.807) is 12.1 Å². The normalized spacial score (nSPS) is 16.6. The highest BCUT2D eigenvalue weighted by Crippen LogP contribution is 2.22. The number of benzene rings is 1. The van der Waals surface area contributed by atoms with Crippen molar-refractivity contribution in [3.05, 3.63) is 29.8 Å². The van der Waals surface area contributed by atoms with Gasteiger partial charge in [0.15, 0.2) is 9.84 Å². The first kappa shape index (κ1) is 15.0. The Morgan fingerprint density at radius 2 is 1.72 bits per heavy atom. The van der Waals surface area contributed by atoms with Crippen LogP contribution in [0.4, 0.5) is 0 Å². The standard InChI is InChI=1S/C12H14N2O2S.ClH/c13-9-10-1-3-11(4-2-10)17(15,16)12-5-7-14-8-6-12;/h1-4,12,14H,5-8H2;1H. The van der Waals surface area contributed by atoms with Crippen LogP contribution in [0.3, 0.4) is 0 Å². The minimum atomic E-state index is -3.24. The topological polar surface area (TPSA) is 70.0 Å². The van der Waals surface area contributed by atoms with Crippen molar-refractivity contribution in [3.8, 4) is 6.07 Å². The number of halogens is 1. The third-order valence-corrected chi connectivity index (χ3v) is 5.32. The zero-order chi connectivity index (χ0) is 12.3. The fourth-order valence-corrected chi connectivity index (χ4v) is 3.77. The lowest BCUT2D eigenvalue weighted by Crippen LogP contribution is -2.35. The van der Waals surface area contributed by atoms with E-state index in [-0.39, 0.29) is 17.7 Å². The smallest absolute Gasteiger partial charge is 0.181 e. The maximum absolute atomic E-state index is 12.3. The molecule has 1 heterocycles. The van der Waals surface area contributed by atoms with Crippen LogP contribution in [0.2, 0.25) is 0 Å². The van der Waals surface area contributed by atoms with Gasteiger partial charge in [0.25, 0.3) is 0 Å². The molecule has 1 saturated heterocycles. The second kappa shape index (κ2) is 6.19. The molecular weight excluding hydrogens is 272 g/mol. The highest BCUT2D eigenvalue weighted by molar-refractivity contribution is 7.92. The van der Waals surface area contributed by atoms with Gasteiger partial charge in [-0.2, -0.15) is 5.26 Å². The summed E-state index contributed by atoms with van der Waals surface area (Å²) in [6.45, 7) is 1.50. The van der Waals surface area contributed by atoms with Crippen molar-refractivity contribution >= 4 is 22.2 Å². The Bertz CT molecular complexity index is 528. The zero-order valence-corrected chi connectivity index (χ0v) is 11.4. The molecule has 0 aromatic heterocycles. The van der Waals surface area contributed by atoms with E-state index in [1.165, 1.54) is 12.1 Å². The predicted octanol–water partition coefficient (Wildman–Crippen LogP) is 1.51. The zero-order valence-electron chi connectivity index (χ0n) is 9.80. The molecule has 0 spiro atoms. The minimum Gasteiger partial charge on any atom is -0.317 e. The van der Waals surface area contributed by atoms with E-state index in [9.17, 15) is 8.42 Å². The maximum Gasteiger partial charge on any atom is 0.181 e. The van der Waals surface area contributed by atoms with Crippen LogP contribution in [-0.2, 0) is 9.84 Å². The lowest BCUT2D eigenvalue weighted by atomic mass is 10.2. The van der Waals surface area contributed by atoms with Gasteiger partial charge >= 0.3 is 0 Å². The van der Waals surface area contributed by atoms with Crippen LogP contribution in [0.5, 0.6) is 0 Å². The summed E-state index contributed by atoms with van der Waals surface area (Å²) in [5, 5.41) is 11.5. The monoisotopic (exact) mass is 286 g/mol.